The number of allylic oxidation sites excluding steroid dienone is 1. The molecular weight excluding hydrogens is 296 g/mol. The number of aryl methyl sites for hydroxylation is 1. The van der Waals surface area contributed by atoms with Crippen molar-refractivity contribution in [2.75, 3.05) is 19.6 Å². The molecule has 0 radical (unpaired) electrons. The maximum absolute atomic E-state index is 12.4. The van der Waals surface area contributed by atoms with E-state index in [0.717, 1.165) is 45.4 Å². The lowest BCUT2D eigenvalue weighted by atomic mass is 9.94. The molecule has 0 saturated carbocycles. The first kappa shape index (κ1) is 17.2. The SMILES string of the molecule is Cc1ccccc1CN1CCC(C(=O)NCC2=CCCCC2)CC1. The van der Waals surface area contributed by atoms with Crippen molar-refractivity contribution in [3.8, 4) is 0 Å². The Bertz CT molecular complexity index is 585. The van der Waals surface area contributed by atoms with Crippen molar-refractivity contribution in [2.24, 2.45) is 5.92 Å². The monoisotopic (exact) mass is 326 g/mol. The summed E-state index contributed by atoms with van der Waals surface area (Å²) in [6, 6.07) is 8.60. The lowest BCUT2D eigenvalue weighted by Gasteiger charge is -2.31. The summed E-state index contributed by atoms with van der Waals surface area (Å²) in [5.74, 6) is 0.458. The van der Waals surface area contributed by atoms with Crippen LogP contribution in [0, 0.1) is 12.8 Å². The third-order valence-electron chi connectivity index (χ3n) is 5.49. The molecule has 1 aliphatic heterocycles. The molecule has 1 amide bonds. The molecule has 2 aliphatic rings. The van der Waals surface area contributed by atoms with E-state index < -0.39 is 0 Å². The molecule has 1 N–H and O–H groups in total. The highest BCUT2D eigenvalue weighted by Gasteiger charge is 2.25. The molecular formula is C21H30N2O. The van der Waals surface area contributed by atoms with Crippen LogP contribution in [0.15, 0.2) is 35.9 Å². The van der Waals surface area contributed by atoms with Gasteiger partial charge in [-0.05, 0) is 69.7 Å². The topological polar surface area (TPSA) is 32.3 Å². The minimum atomic E-state index is 0.197. The maximum atomic E-state index is 12.4. The van der Waals surface area contributed by atoms with E-state index in [1.807, 2.05) is 0 Å². The Morgan fingerprint density at radius 2 is 2.00 bits per heavy atom. The van der Waals surface area contributed by atoms with Gasteiger partial charge < -0.3 is 5.32 Å². The molecule has 1 aliphatic carbocycles. The van der Waals surface area contributed by atoms with Gasteiger partial charge in [0.25, 0.3) is 0 Å². The summed E-state index contributed by atoms with van der Waals surface area (Å²) in [6.07, 6.45) is 9.20. The molecule has 0 bridgehead atoms. The molecule has 130 valence electrons. The van der Waals surface area contributed by atoms with Gasteiger partial charge in [0.05, 0.1) is 0 Å². The fraction of sp³-hybridized carbons (Fsp3) is 0.571. The van der Waals surface area contributed by atoms with E-state index in [1.54, 1.807) is 0 Å². The predicted molar refractivity (Wildman–Crippen MR) is 98.7 cm³/mol. The van der Waals surface area contributed by atoms with Gasteiger partial charge in [-0.15, -0.1) is 0 Å². The Kier molecular flexibility index (Phi) is 6.08. The van der Waals surface area contributed by atoms with Crippen LogP contribution in [-0.4, -0.2) is 30.4 Å². The maximum Gasteiger partial charge on any atom is 0.223 e. The molecule has 24 heavy (non-hydrogen) atoms. The van der Waals surface area contributed by atoms with E-state index in [2.05, 4.69) is 47.5 Å². The summed E-state index contributed by atoms with van der Waals surface area (Å²) in [5, 5.41) is 3.17. The van der Waals surface area contributed by atoms with Crippen molar-refractivity contribution < 1.29 is 4.79 Å². The second kappa shape index (κ2) is 8.48. The molecule has 0 unspecified atom stereocenters. The Labute approximate surface area is 146 Å². The fourth-order valence-corrected chi connectivity index (χ4v) is 3.79. The number of nitrogens with zero attached hydrogens (tertiary/aromatic N) is 1. The number of hydrogen-bond donors (Lipinski definition) is 1. The zero-order valence-electron chi connectivity index (χ0n) is 14.9. The van der Waals surface area contributed by atoms with Crippen molar-refractivity contribution in [1.29, 1.82) is 0 Å². The average molecular weight is 326 g/mol. The van der Waals surface area contributed by atoms with Crippen molar-refractivity contribution in [1.82, 2.24) is 10.2 Å². The highest BCUT2D eigenvalue weighted by atomic mass is 16.1. The zero-order valence-corrected chi connectivity index (χ0v) is 14.9. The molecule has 1 fully saturated rings. The minimum absolute atomic E-state index is 0.197. The largest absolute Gasteiger partial charge is 0.352 e. The Balaban J connectivity index is 1.42. The van der Waals surface area contributed by atoms with E-state index in [-0.39, 0.29) is 11.8 Å². The van der Waals surface area contributed by atoms with Crippen LogP contribution in [0.4, 0.5) is 0 Å². The number of rotatable bonds is 5. The van der Waals surface area contributed by atoms with Crippen molar-refractivity contribution in [3.05, 3.63) is 47.0 Å². The quantitative estimate of drug-likeness (QED) is 0.834. The minimum Gasteiger partial charge on any atom is -0.352 e. The number of hydrogen-bond acceptors (Lipinski definition) is 2. The molecule has 0 atom stereocenters. The zero-order chi connectivity index (χ0) is 16.8. The van der Waals surface area contributed by atoms with E-state index in [0.29, 0.717) is 0 Å². The molecule has 1 aromatic carbocycles. The van der Waals surface area contributed by atoms with Gasteiger partial charge in [-0.2, -0.15) is 0 Å². The number of likely N-dealkylation sites (tertiary alicyclic amines) is 1. The predicted octanol–water partition coefficient (Wildman–Crippen LogP) is 3.82. The Morgan fingerprint density at radius 1 is 1.21 bits per heavy atom. The summed E-state index contributed by atoms with van der Waals surface area (Å²) in [5.41, 5.74) is 4.19. The average Bonchev–Trinajstić information content (AvgIpc) is 2.63. The third-order valence-corrected chi connectivity index (χ3v) is 5.49. The summed E-state index contributed by atoms with van der Waals surface area (Å²) in [4.78, 5) is 14.9. The summed E-state index contributed by atoms with van der Waals surface area (Å²) < 4.78 is 0. The third kappa shape index (κ3) is 4.70. The molecule has 1 aromatic rings. The smallest absolute Gasteiger partial charge is 0.223 e. The van der Waals surface area contributed by atoms with Gasteiger partial charge in [0.2, 0.25) is 5.91 Å². The van der Waals surface area contributed by atoms with Gasteiger partial charge >= 0.3 is 0 Å². The summed E-state index contributed by atoms with van der Waals surface area (Å²) in [7, 11) is 0. The van der Waals surface area contributed by atoms with Crippen LogP contribution in [-0.2, 0) is 11.3 Å². The number of nitrogens with one attached hydrogen (secondary N) is 1. The standard InChI is InChI=1S/C21H30N2O/c1-17-7-5-6-10-20(17)16-23-13-11-19(12-14-23)21(24)22-15-18-8-3-2-4-9-18/h5-8,10,19H,2-4,9,11-16H2,1H3,(H,22,24). The lowest BCUT2D eigenvalue weighted by molar-refractivity contribution is -0.126. The molecule has 1 heterocycles. The van der Waals surface area contributed by atoms with Gasteiger partial charge in [0.15, 0.2) is 0 Å². The molecule has 3 rings (SSSR count). The van der Waals surface area contributed by atoms with Crippen LogP contribution in [0.3, 0.4) is 0 Å². The lowest BCUT2D eigenvalue weighted by Crippen LogP contribution is -2.40. The van der Waals surface area contributed by atoms with E-state index in [9.17, 15) is 4.79 Å². The van der Waals surface area contributed by atoms with Crippen LogP contribution in [0.5, 0.6) is 0 Å². The Morgan fingerprint density at radius 3 is 2.71 bits per heavy atom. The first-order valence-corrected chi connectivity index (χ1v) is 9.45. The van der Waals surface area contributed by atoms with Gasteiger partial charge in [0, 0.05) is 19.0 Å². The van der Waals surface area contributed by atoms with Gasteiger partial charge in [-0.25, -0.2) is 0 Å². The number of carbonyl (C=O) groups is 1. The van der Waals surface area contributed by atoms with E-state index >= 15 is 0 Å². The first-order chi connectivity index (χ1) is 11.7. The number of benzene rings is 1. The first-order valence-electron chi connectivity index (χ1n) is 9.45. The highest BCUT2D eigenvalue weighted by molar-refractivity contribution is 5.79. The van der Waals surface area contributed by atoms with Gasteiger partial charge in [-0.3, -0.25) is 9.69 Å². The molecule has 3 heteroatoms. The number of amides is 1. The van der Waals surface area contributed by atoms with Gasteiger partial charge in [0.1, 0.15) is 0 Å². The fourth-order valence-electron chi connectivity index (χ4n) is 3.79. The molecule has 1 saturated heterocycles. The molecule has 3 nitrogen and oxygen atoms in total. The van der Waals surface area contributed by atoms with Crippen LogP contribution in [0.1, 0.15) is 49.7 Å². The van der Waals surface area contributed by atoms with Gasteiger partial charge in [-0.1, -0.05) is 35.9 Å². The summed E-state index contributed by atoms with van der Waals surface area (Å²) in [6.45, 7) is 6.00. The normalized spacial score (nSPS) is 19.8. The van der Waals surface area contributed by atoms with Crippen LogP contribution >= 0.6 is 0 Å². The second-order valence-corrected chi connectivity index (χ2v) is 7.30. The second-order valence-electron chi connectivity index (χ2n) is 7.30. The van der Waals surface area contributed by atoms with E-state index in [1.165, 1.54) is 36.0 Å². The Hall–Kier alpha value is -1.61. The molecule has 0 aromatic heterocycles. The van der Waals surface area contributed by atoms with Crippen molar-refractivity contribution in [3.63, 3.8) is 0 Å². The van der Waals surface area contributed by atoms with Crippen molar-refractivity contribution >= 4 is 5.91 Å². The van der Waals surface area contributed by atoms with Crippen LogP contribution < -0.4 is 5.32 Å². The van der Waals surface area contributed by atoms with Crippen molar-refractivity contribution in [2.45, 2.75) is 52.0 Å². The van der Waals surface area contributed by atoms with E-state index in [4.69, 9.17) is 0 Å². The van der Waals surface area contributed by atoms with Crippen LogP contribution in [0.2, 0.25) is 0 Å². The number of piperidine rings is 1. The highest BCUT2D eigenvalue weighted by Crippen LogP contribution is 2.21. The summed E-state index contributed by atoms with van der Waals surface area (Å²) >= 11 is 0. The van der Waals surface area contributed by atoms with Crippen LogP contribution in [0.25, 0.3) is 0 Å². The number of carbonyl (C=O) groups excluding carboxylic acids is 1. The molecule has 0 spiro atoms.